The van der Waals surface area contributed by atoms with Crippen LogP contribution in [0.25, 0.3) is 0 Å². The van der Waals surface area contributed by atoms with E-state index in [9.17, 15) is 4.79 Å². The fourth-order valence-corrected chi connectivity index (χ4v) is 2.35. The molecule has 0 saturated carbocycles. The number of rotatable bonds is 4. The Morgan fingerprint density at radius 3 is 2.80 bits per heavy atom. The number of carbonyl (C=O) groups excluding carboxylic acids is 1. The molecule has 0 atom stereocenters. The van der Waals surface area contributed by atoms with Gasteiger partial charge >= 0.3 is 0 Å². The largest absolute Gasteiger partial charge is 0.332 e. The predicted molar refractivity (Wildman–Crippen MR) is 67.9 cm³/mol. The van der Waals surface area contributed by atoms with Gasteiger partial charge in [-0.1, -0.05) is 6.08 Å². The van der Waals surface area contributed by atoms with Crippen molar-refractivity contribution in [1.82, 2.24) is 4.90 Å². The first kappa shape index (κ1) is 12.3. The van der Waals surface area contributed by atoms with Gasteiger partial charge in [0.1, 0.15) is 0 Å². The summed E-state index contributed by atoms with van der Waals surface area (Å²) in [5, 5.41) is 1.86. The SMILES string of the molecule is C=CCN(C(=O)c1cc(S)cs1)C(C)C. The molecule has 0 aliphatic heterocycles. The van der Waals surface area contributed by atoms with E-state index in [1.807, 2.05) is 19.2 Å². The maximum atomic E-state index is 12.0. The van der Waals surface area contributed by atoms with Gasteiger partial charge in [0.15, 0.2) is 0 Å². The van der Waals surface area contributed by atoms with E-state index in [-0.39, 0.29) is 11.9 Å². The number of nitrogens with zero attached hydrogens (tertiary/aromatic N) is 1. The number of thiol groups is 1. The van der Waals surface area contributed by atoms with Crippen LogP contribution in [0.4, 0.5) is 0 Å². The van der Waals surface area contributed by atoms with Gasteiger partial charge in [-0.05, 0) is 19.9 Å². The lowest BCUT2D eigenvalue weighted by molar-refractivity contribution is 0.0733. The third-order valence-electron chi connectivity index (χ3n) is 2.01. The summed E-state index contributed by atoms with van der Waals surface area (Å²) in [5.41, 5.74) is 0. The first-order valence-corrected chi connectivity index (χ1v) is 6.08. The number of hydrogen-bond acceptors (Lipinski definition) is 3. The van der Waals surface area contributed by atoms with Gasteiger partial charge in [-0.3, -0.25) is 4.79 Å². The molecule has 1 heterocycles. The Kier molecular flexibility index (Phi) is 4.42. The maximum absolute atomic E-state index is 12.0. The van der Waals surface area contributed by atoms with Gasteiger partial charge in [-0.15, -0.1) is 30.5 Å². The molecule has 0 unspecified atom stereocenters. The summed E-state index contributed by atoms with van der Waals surface area (Å²) < 4.78 is 0. The van der Waals surface area contributed by atoms with E-state index < -0.39 is 0 Å². The van der Waals surface area contributed by atoms with Gasteiger partial charge < -0.3 is 4.90 Å². The fourth-order valence-electron chi connectivity index (χ4n) is 1.25. The van der Waals surface area contributed by atoms with Crippen LogP contribution < -0.4 is 0 Å². The Morgan fingerprint density at radius 1 is 1.73 bits per heavy atom. The van der Waals surface area contributed by atoms with Crippen molar-refractivity contribution in [2.45, 2.75) is 24.8 Å². The molecular formula is C11H15NOS2. The Bertz CT molecular complexity index is 357. The summed E-state index contributed by atoms with van der Waals surface area (Å²) in [4.78, 5) is 15.4. The number of amides is 1. The molecule has 0 spiro atoms. The molecule has 0 fully saturated rings. The quantitative estimate of drug-likeness (QED) is 0.634. The van der Waals surface area contributed by atoms with Crippen molar-refractivity contribution in [3.05, 3.63) is 29.0 Å². The minimum Gasteiger partial charge on any atom is -0.332 e. The summed E-state index contributed by atoms with van der Waals surface area (Å²) in [6.07, 6.45) is 1.74. The Balaban J connectivity index is 2.85. The predicted octanol–water partition coefficient (Wildman–Crippen LogP) is 3.07. The number of thiophene rings is 1. The van der Waals surface area contributed by atoms with Gasteiger partial charge in [0.25, 0.3) is 5.91 Å². The van der Waals surface area contributed by atoms with Crippen molar-refractivity contribution >= 4 is 29.9 Å². The van der Waals surface area contributed by atoms with Crippen LogP contribution in [0.15, 0.2) is 29.0 Å². The van der Waals surface area contributed by atoms with Crippen molar-refractivity contribution in [1.29, 1.82) is 0 Å². The first-order chi connectivity index (χ1) is 7.06. The molecule has 0 aliphatic rings. The molecule has 1 rings (SSSR count). The lowest BCUT2D eigenvalue weighted by Gasteiger charge is -2.24. The van der Waals surface area contributed by atoms with Gasteiger partial charge in [0.05, 0.1) is 4.88 Å². The van der Waals surface area contributed by atoms with E-state index >= 15 is 0 Å². The molecule has 0 saturated heterocycles. The highest BCUT2D eigenvalue weighted by Crippen LogP contribution is 2.20. The van der Waals surface area contributed by atoms with Crippen molar-refractivity contribution in [3.8, 4) is 0 Å². The molecule has 2 nitrogen and oxygen atoms in total. The van der Waals surface area contributed by atoms with Gasteiger partial charge in [-0.2, -0.15) is 0 Å². The standard InChI is InChI=1S/C11H15NOS2/c1-4-5-12(8(2)3)11(13)10-6-9(14)7-15-10/h4,6-8,14H,1,5H2,2-3H3. The highest BCUT2D eigenvalue weighted by atomic mass is 32.1. The van der Waals surface area contributed by atoms with E-state index in [1.165, 1.54) is 11.3 Å². The first-order valence-electron chi connectivity index (χ1n) is 4.75. The molecule has 0 aromatic carbocycles. The second-order valence-corrected chi connectivity index (χ2v) is 4.94. The summed E-state index contributed by atoms with van der Waals surface area (Å²) in [6, 6.07) is 1.98. The minimum absolute atomic E-state index is 0.0511. The van der Waals surface area contributed by atoms with Gasteiger partial charge in [0.2, 0.25) is 0 Å². The van der Waals surface area contributed by atoms with Crippen molar-refractivity contribution in [3.63, 3.8) is 0 Å². The van der Waals surface area contributed by atoms with Crippen LogP contribution in [0.5, 0.6) is 0 Å². The lowest BCUT2D eigenvalue weighted by Crippen LogP contribution is -2.36. The average Bonchev–Trinajstić information content (AvgIpc) is 2.59. The Hall–Kier alpha value is -0.740. The number of carbonyl (C=O) groups is 1. The molecule has 4 heteroatoms. The normalized spacial score (nSPS) is 10.4. The van der Waals surface area contributed by atoms with E-state index in [1.54, 1.807) is 17.0 Å². The molecular weight excluding hydrogens is 226 g/mol. The molecule has 0 radical (unpaired) electrons. The van der Waals surface area contributed by atoms with E-state index in [2.05, 4.69) is 19.2 Å². The summed E-state index contributed by atoms with van der Waals surface area (Å²) in [5.74, 6) is 0.0511. The van der Waals surface area contributed by atoms with Crippen LogP contribution >= 0.6 is 24.0 Å². The van der Waals surface area contributed by atoms with Crippen LogP contribution in [-0.4, -0.2) is 23.4 Å². The van der Waals surface area contributed by atoms with Gasteiger partial charge in [0, 0.05) is 22.9 Å². The fraction of sp³-hybridized carbons (Fsp3) is 0.364. The van der Waals surface area contributed by atoms with Crippen LogP contribution in [0.3, 0.4) is 0 Å². The molecule has 0 N–H and O–H groups in total. The van der Waals surface area contributed by atoms with E-state index in [4.69, 9.17) is 0 Å². The topological polar surface area (TPSA) is 20.3 Å². The Morgan fingerprint density at radius 2 is 2.40 bits per heavy atom. The van der Waals surface area contributed by atoms with Crippen molar-refractivity contribution in [2.24, 2.45) is 0 Å². The lowest BCUT2D eigenvalue weighted by atomic mass is 10.3. The van der Waals surface area contributed by atoms with E-state index in [0.29, 0.717) is 6.54 Å². The van der Waals surface area contributed by atoms with E-state index in [0.717, 1.165) is 9.77 Å². The van der Waals surface area contributed by atoms with Crippen LogP contribution in [0.1, 0.15) is 23.5 Å². The van der Waals surface area contributed by atoms with Crippen LogP contribution in [0.2, 0.25) is 0 Å². The maximum Gasteiger partial charge on any atom is 0.264 e. The highest BCUT2D eigenvalue weighted by molar-refractivity contribution is 7.80. The van der Waals surface area contributed by atoms with Crippen LogP contribution in [-0.2, 0) is 0 Å². The average molecular weight is 241 g/mol. The van der Waals surface area contributed by atoms with Crippen molar-refractivity contribution in [2.75, 3.05) is 6.54 Å². The third-order valence-corrected chi connectivity index (χ3v) is 3.36. The molecule has 1 aromatic heterocycles. The molecule has 82 valence electrons. The van der Waals surface area contributed by atoms with Crippen molar-refractivity contribution < 1.29 is 4.79 Å². The second-order valence-electron chi connectivity index (χ2n) is 3.51. The molecule has 1 amide bonds. The summed E-state index contributed by atoms with van der Waals surface area (Å²) >= 11 is 5.62. The zero-order chi connectivity index (χ0) is 11.4. The molecule has 1 aromatic rings. The zero-order valence-corrected chi connectivity index (χ0v) is 10.6. The number of hydrogen-bond donors (Lipinski definition) is 1. The summed E-state index contributed by atoms with van der Waals surface area (Å²) in [7, 11) is 0. The summed E-state index contributed by atoms with van der Waals surface area (Å²) in [6.45, 7) is 8.23. The molecule has 15 heavy (non-hydrogen) atoms. The minimum atomic E-state index is 0.0511. The van der Waals surface area contributed by atoms with Gasteiger partial charge in [-0.25, -0.2) is 0 Å². The second kappa shape index (κ2) is 5.37. The smallest absolute Gasteiger partial charge is 0.264 e. The monoisotopic (exact) mass is 241 g/mol. The zero-order valence-electron chi connectivity index (χ0n) is 8.93. The highest BCUT2D eigenvalue weighted by Gasteiger charge is 2.18. The third kappa shape index (κ3) is 3.11. The molecule has 0 aliphatic carbocycles. The van der Waals surface area contributed by atoms with Crippen LogP contribution in [0, 0.1) is 0 Å². The molecule has 0 bridgehead atoms. The Labute approximate surface area is 100 Å².